The van der Waals surface area contributed by atoms with E-state index in [2.05, 4.69) is 5.32 Å². The zero-order chi connectivity index (χ0) is 24.4. The highest BCUT2D eigenvalue weighted by Crippen LogP contribution is 2.26. The Kier molecular flexibility index (Phi) is 7.50. The molecule has 0 aliphatic carbocycles. The number of anilines is 2. The Labute approximate surface area is 196 Å². The van der Waals surface area contributed by atoms with Crippen LogP contribution in [-0.4, -0.2) is 52.4 Å². The zero-order valence-corrected chi connectivity index (χ0v) is 21.0. The van der Waals surface area contributed by atoms with E-state index in [0.29, 0.717) is 24.5 Å². The van der Waals surface area contributed by atoms with Crippen LogP contribution in [0, 0.1) is 13.8 Å². The number of benzene rings is 2. The number of nitrogens with one attached hydrogen (secondary N) is 1. The molecule has 1 saturated heterocycles. The van der Waals surface area contributed by atoms with Crippen molar-refractivity contribution in [2.45, 2.75) is 51.0 Å². The van der Waals surface area contributed by atoms with Gasteiger partial charge in [-0.05, 0) is 80.6 Å². The van der Waals surface area contributed by atoms with E-state index in [0.717, 1.165) is 34.5 Å². The lowest BCUT2D eigenvalue weighted by Gasteiger charge is -2.30. The van der Waals surface area contributed by atoms with Crippen LogP contribution in [0.1, 0.15) is 37.3 Å². The molecule has 0 bridgehead atoms. The van der Waals surface area contributed by atoms with Crippen LogP contribution < -0.4 is 9.62 Å². The number of aryl methyl sites for hydroxylation is 2. The Morgan fingerprint density at radius 3 is 2.12 bits per heavy atom. The minimum absolute atomic E-state index is 0.169. The van der Waals surface area contributed by atoms with E-state index in [-0.39, 0.29) is 11.3 Å². The minimum Gasteiger partial charge on any atom is -0.324 e. The molecule has 1 atom stereocenters. The van der Waals surface area contributed by atoms with E-state index < -0.39 is 32.0 Å². The van der Waals surface area contributed by atoms with Gasteiger partial charge >= 0.3 is 0 Å². The predicted octanol–water partition coefficient (Wildman–Crippen LogP) is 3.27. The number of amides is 1. The summed E-state index contributed by atoms with van der Waals surface area (Å²) >= 11 is 0. The molecule has 33 heavy (non-hydrogen) atoms. The van der Waals surface area contributed by atoms with Gasteiger partial charge in [0.1, 0.15) is 6.04 Å². The average molecular weight is 494 g/mol. The third-order valence-electron chi connectivity index (χ3n) is 5.90. The van der Waals surface area contributed by atoms with Crippen LogP contribution in [0.3, 0.4) is 0 Å². The van der Waals surface area contributed by atoms with Gasteiger partial charge in [-0.1, -0.05) is 13.0 Å². The second kappa shape index (κ2) is 9.82. The van der Waals surface area contributed by atoms with Gasteiger partial charge in [-0.25, -0.2) is 16.8 Å². The summed E-state index contributed by atoms with van der Waals surface area (Å²) < 4.78 is 53.3. The number of carbonyl (C=O) groups excluding carboxylic acids is 1. The van der Waals surface area contributed by atoms with Crippen molar-refractivity contribution in [2.75, 3.05) is 29.0 Å². The van der Waals surface area contributed by atoms with Crippen LogP contribution in [0.25, 0.3) is 0 Å². The van der Waals surface area contributed by atoms with Gasteiger partial charge in [-0.3, -0.25) is 9.10 Å². The first-order valence-corrected chi connectivity index (χ1v) is 14.2. The van der Waals surface area contributed by atoms with Crippen LogP contribution in [-0.2, 0) is 24.8 Å². The molecule has 2 aromatic carbocycles. The third kappa shape index (κ3) is 5.56. The molecule has 1 unspecified atom stereocenters. The van der Waals surface area contributed by atoms with Gasteiger partial charge in [0.25, 0.3) is 0 Å². The van der Waals surface area contributed by atoms with Gasteiger partial charge in [0.2, 0.25) is 26.0 Å². The summed E-state index contributed by atoms with van der Waals surface area (Å²) in [6.07, 6.45) is 3.04. The predicted molar refractivity (Wildman–Crippen MR) is 130 cm³/mol. The van der Waals surface area contributed by atoms with Gasteiger partial charge < -0.3 is 5.32 Å². The van der Waals surface area contributed by atoms with Crippen LogP contribution in [0.2, 0.25) is 0 Å². The molecule has 1 N–H and O–H groups in total. The van der Waals surface area contributed by atoms with Gasteiger partial charge in [-0.15, -0.1) is 0 Å². The standard InChI is InChI=1S/C23H31N3O5S2/c1-5-22(26(32(4,28)29)20-11-8-17(2)18(3)16-20)23(27)24-19-9-12-21(13-10-19)33(30,31)25-14-6-7-15-25/h8-13,16,22H,5-7,14-15H2,1-4H3,(H,24,27). The van der Waals surface area contributed by atoms with Crippen molar-refractivity contribution in [3.05, 3.63) is 53.6 Å². The molecule has 1 aliphatic heterocycles. The van der Waals surface area contributed by atoms with Crippen molar-refractivity contribution in [1.29, 1.82) is 0 Å². The van der Waals surface area contributed by atoms with Crippen molar-refractivity contribution in [2.24, 2.45) is 0 Å². The molecule has 1 aliphatic rings. The molecule has 1 amide bonds. The number of hydrogen-bond acceptors (Lipinski definition) is 5. The molecule has 10 heteroatoms. The molecular formula is C23H31N3O5S2. The Morgan fingerprint density at radius 2 is 1.61 bits per heavy atom. The van der Waals surface area contributed by atoms with Gasteiger partial charge in [0, 0.05) is 18.8 Å². The summed E-state index contributed by atoms with van der Waals surface area (Å²) in [5.41, 5.74) is 2.77. The second-order valence-electron chi connectivity index (χ2n) is 8.38. The highest BCUT2D eigenvalue weighted by molar-refractivity contribution is 7.92. The van der Waals surface area contributed by atoms with Crippen molar-refractivity contribution >= 4 is 37.3 Å². The number of sulfonamides is 2. The third-order valence-corrected chi connectivity index (χ3v) is 8.99. The maximum absolute atomic E-state index is 13.1. The maximum Gasteiger partial charge on any atom is 0.248 e. The molecule has 0 radical (unpaired) electrons. The topological polar surface area (TPSA) is 104 Å². The Morgan fingerprint density at radius 1 is 1.00 bits per heavy atom. The van der Waals surface area contributed by atoms with Crippen LogP contribution in [0.4, 0.5) is 11.4 Å². The lowest BCUT2D eigenvalue weighted by atomic mass is 10.1. The monoisotopic (exact) mass is 493 g/mol. The summed E-state index contributed by atoms with van der Waals surface area (Å²) in [5.74, 6) is -0.490. The minimum atomic E-state index is -3.74. The first-order valence-electron chi connectivity index (χ1n) is 10.9. The van der Waals surface area contributed by atoms with Crippen LogP contribution in [0.15, 0.2) is 47.4 Å². The zero-order valence-electron chi connectivity index (χ0n) is 19.4. The largest absolute Gasteiger partial charge is 0.324 e. The van der Waals surface area contributed by atoms with Gasteiger partial charge in [0.15, 0.2) is 0 Å². The number of rotatable bonds is 8. The molecule has 0 saturated carbocycles. The maximum atomic E-state index is 13.1. The first-order chi connectivity index (χ1) is 15.4. The fraction of sp³-hybridized carbons (Fsp3) is 0.435. The van der Waals surface area contributed by atoms with Crippen molar-refractivity contribution in [3.8, 4) is 0 Å². The lowest BCUT2D eigenvalue weighted by Crippen LogP contribution is -2.47. The Hall–Kier alpha value is -2.43. The fourth-order valence-corrected chi connectivity index (χ4v) is 6.66. The molecule has 1 fully saturated rings. The number of carbonyl (C=O) groups is 1. The molecule has 0 aromatic heterocycles. The van der Waals surface area contributed by atoms with E-state index in [1.54, 1.807) is 19.1 Å². The summed E-state index contributed by atoms with van der Waals surface area (Å²) in [5, 5.41) is 2.74. The molecule has 8 nitrogen and oxygen atoms in total. The normalized spacial score (nSPS) is 15.9. The van der Waals surface area contributed by atoms with E-state index in [1.165, 1.54) is 28.6 Å². The summed E-state index contributed by atoms with van der Waals surface area (Å²) in [4.78, 5) is 13.3. The van der Waals surface area contributed by atoms with E-state index >= 15 is 0 Å². The van der Waals surface area contributed by atoms with Crippen LogP contribution >= 0.6 is 0 Å². The molecule has 0 spiro atoms. The highest BCUT2D eigenvalue weighted by atomic mass is 32.2. The number of nitrogens with zero attached hydrogens (tertiary/aromatic N) is 2. The van der Waals surface area contributed by atoms with Gasteiger partial charge in [0.05, 0.1) is 16.8 Å². The fourth-order valence-electron chi connectivity index (χ4n) is 3.94. The average Bonchev–Trinajstić information content (AvgIpc) is 3.29. The first kappa shape index (κ1) is 25.2. The van der Waals surface area contributed by atoms with Gasteiger partial charge in [-0.2, -0.15) is 4.31 Å². The SMILES string of the molecule is CCC(C(=O)Nc1ccc(S(=O)(=O)N2CCCC2)cc1)N(c1ccc(C)c(C)c1)S(C)(=O)=O. The summed E-state index contributed by atoms with van der Waals surface area (Å²) in [6, 6.07) is 10.3. The highest BCUT2D eigenvalue weighted by Gasteiger charge is 2.32. The van der Waals surface area contributed by atoms with E-state index in [4.69, 9.17) is 0 Å². The van der Waals surface area contributed by atoms with Crippen molar-refractivity contribution in [3.63, 3.8) is 0 Å². The molecule has 3 rings (SSSR count). The van der Waals surface area contributed by atoms with E-state index in [1.807, 2.05) is 19.9 Å². The Balaban J connectivity index is 1.83. The number of hydrogen-bond donors (Lipinski definition) is 1. The lowest BCUT2D eigenvalue weighted by molar-refractivity contribution is -0.117. The molecule has 2 aromatic rings. The summed E-state index contributed by atoms with van der Waals surface area (Å²) in [6.45, 7) is 6.59. The van der Waals surface area contributed by atoms with Crippen molar-refractivity contribution < 1.29 is 21.6 Å². The summed E-state index contributed by atoms with van der Waals surface area (Å²) in [7, 11) is -7.29. The molecule has 1 heterocycles. The smallest absolute Gasteiger partial charge is 0.248 e. The van der Waals surface area contributed by atoms with E-state index in [9.17, 15) is 21.6 Å². The molecular weight excluding hydrogens is 462 g/mol. The van der Waals surface area contributed by atoms with Crippen molar-refractivity contribution in [1.82, 2.24) is 4.31 Å². The molecule has 180 valence electrons. The Bertz CT molecular complexity index is 1220. The second-order valence-corrected chi connectivity index (χ2v) is 12.2. The van der Waals surface area contributed by atoms with Crippen LogP contribution in [0.5, 0.6) is 0 Å². The quantitative estimate of drug-likeness (QED) is 0.608.